The number of rotatable bonds is 3. The number of nitrogens with one attached hydrogen (secondary N) is 1. The van der Waals surface area contributed by atoms with Gasteiger partial charge >= 0.3 is 6.03 Å². The Morgan fingerprint density at radius 3 is 2.79 bits per heavy atom. The second kappa shape index (κ2) is 5.97. The third-order valence-electron chi connectivity index (χ3n) is 3.54. The highest BCUT2D eigenvalue weighted by atomic mass is 16.2. The molecule has 6 heteroatoms. The number of aromatic nitrogens is 2. The zero-order valence-electron chi connectivity index (χ0n) is 11.8. The molecular weight excluding hydrogens is 242 g/mol. The molecule has 2 rings (SSSR count). The molecule has 0 bridgehead atoms. The molecule has 1 aromatic heterocycles. The van der Waals surface area contributed by atoms with E-state index in [0.717, 1.165) is 19.5 Å². The van der Waals surface area contributed by atoms with Crippen molar-refractivity contribution in [1.82, 2.24) is 19.8 Å². The summed E-state index contributed by atoms with van der Waals surface area (Å²) >= 11 is 0. The van der Waals surface area contributed by atoms with E-state index in [0.29, 0.717) is 17.6 Å². The molecule has 1 aliphatic heterocycles. The van der Waals surface area contributed by atoms with Gasteiger partial charge in [-0.05, 0) is 33.4 Å². The average Bonchev–Trinajstić information content (AvgIpc) is 2.78. The minimum atomic E-state index is -0.118. The van der Waals surface area contributed by atoms with Gasteiger partial charge in [-0.3, -0.25) is 0 Å². The summed E-state index contributed by atoms with van der Waals surface area (Å²) in [6, 6.07) is 0.345. The fraction of sp³-hybridized carbons (Fsp3) is 0.615. The van der Waals surface area contributed by atoms with E-state index in [1.807, 2.05) is 14.0 Å². The van der Waals surface area contributed by atoms with Crippen molar-refractivity contribution in [3.63, 3.8) is 0 Å². The number of urea groups is 1. The van der Waals surface area contributed by atoms with Crippen LogP contribution in [0.2, 0.25) is 0 Å². The smallest absolute Gasteiger partial charge is 0.321 e. The number of anilines is 1. The maximum atomic E-state index is 12.0. The number of amides is 2. The van der Waals surface area contributed by atoms with Gasteiger partial charge in [-0.25, -0.2) is 14.8 Å². The van der Waals surface area contributed by atoms with E-state index in [9.17, 15) is 4.79 Å². The maximum absolute atomic E-state index is 12.0. The summed E-state index contributed by atoms with van der Waals surface area (Å²) in [6.07, 6.45) is 5.61. The van der Waals surface area contributed by atoms with Crippen molar-refractivity contribution in [2.24, 2.45) is 0 Å². The van der Waals surface area contributed by atoms with Crippen molar-refractivity contribution in [3.05, 3.63) is 18.2 Å². The van der Waals surface area contributed by atoms with Gasteiger partial charge in [0.1, 0.15) is 5.82 Å². The van der Waals surface area contributed by atoms with Crippen molar-refractivity contribution in [2.45, 2.75) is 25.8 Å². The van der Waals surface area contributed by atoms with Crippen molar-refractivity contribution in [3.8, 4) is 0 Å². The van der Waals surface area contributed by atoms with Gasteiger partial charge in [0, 0.05) is 19.6 Å². The Balaban J connectivity index is 1.86. The molecule has 1 aromatic rings. The summed E-state index contributed by atoms with van der Waals surface area (Å²) in [4.78, 5) is 24.2. The summed E-state index contributed by atoms with van der Waals surface area (Å²) in [7, 11) is 3.92. The first-order valence-electron chi connectivity index (χ1n) is 6.57. The third kappa shape index (κ3) is 3.64. The number of likely N-dealkylation sites (N-methyl/N-ethyl adjacent to an activating group) is 2. The van der Waals surface area contributed by atoms with Crippen LogP contribution in [0.15, 0.2) is 12.4 Å². The average molecular weight is 263 g/mol. The number of hydrogen-bond donors (Lipinski definition) is 1. The van der Waals surface area contributed by atoms with Crippen molar-refractivity contribution >= 4 is 11.7 Å². The van der Waals surface area contributed by atoms with Crippen molar-refractivity contribution in [2.75, 3.05) is 32.5 Å². The summed E-state index contributed by atoms with van der Waals surface area (Å²) < 4.78 is 0. The normalized spacial score (nSPS) is 19.4. The molecule has 0 spiro atoms. The van der Waals surface area contributed by atoms with Crippen molar-refractivity contribution in [1.29, 1.82) is 0 Å². The molecule has 1 saturated heterocycles. The van der Waals surface area contributed by atoms with Crippen LogP contribution < -0.4 is 5.32 Å². The summed E-state index contributed by atoms with van der Waals surface area (Å²) in [6.45, 7) is 3.68. The minimum absolute atomic E-state index is 0.118. The standard InChI is InChI=1S/C13H21N5O/c1-10-14-7-11(8-15-10)16-13(19)18(3)9-12-5-4-6-17(12)2/h7-8,12H,4-6,9H2,1-3H3,(H,16,19). The van der Waals surface area contributed by atoms with Crippen LogP contribution in [0.3, 0.4) is 0 Å². The second-order valence-electron chi connectivity index (χ2n) is 5.11. The highest BCUT2D eigenvalue weighted by Gasteiger charge is 2.23. The van der Waals surface area contributed by atoms with Crippen LogP contribution in [0, 0.1) is 6.92 Å². The Kier molecular flexibility index (Phi) is 4.31. The summed E-state index contributed by atoms with van der Waals surface area (Å²) in [5.74, 6) is 0.693. The Morgan fingerprint density at radius 2 is 2.21 bits per heavy atom. The lowest BCUT2D eigenvalue weighted by molar-refractivity contribution is 0.201. The SMILES string of the molecule is Cc1ncc(NC(=O)N(C)CC2CCCN2C)cn1. The Hall–Kier alpha value is -1.69. The van der Waals surface area contributed by atoms with Crippen LogP contribution >= 0.6 is 0 Å². The van der Waals surface area contributed by atoms with E-state index >= 15 is 0 Å². The molecule has 1 fully saturated rings. The summed E-state index contributed by atoms with van der Waals surface area (Å²) in [5.41, 5.74) is 0.627. The molecule has 0 aromatic carbocycles. The predicted molar refractivity (Wildman–Crippen MR) is 74.1 cm³/mol. The first-order valence-corrected chi connectivity index (χ1v) is 6.57. The molecule has 2 heterocycles. The monoisotopic (exact) mass is 263 g/mol. The zero-order chi connectivity index (χ0) is 13.8. The van der Waals surface area contributed by atoms with E-state index in [4.69, 9.17) is 0 Å². The van der Waals surface area contributed by atoms with Gasteiger partial charge in [-0.1, -0.05) is 0 Å². The molecule has 0 saturated carbocycles. The Morgan fingerprint density at radius 1 is 1.53 bits per heavy atom. The highest BCUT2D eigenvalue weighted by Crippen LogP contribution is 2.15. The van der Waals surface area contributed by atoms with Gasteiger partial charge in [0.25, 0.3) is 0 Å². The van der Waals surface area contributed by atoms with Crippen LogP contribution in [0.25, 0.3) is 0 Å². The fourth-order valence-corrected chi connectivity index (χ4v) is 2.29. The molecule has 1 N–H and O–H groups in total. The molecule has 1 atom stereocenters. The van der Waals surface area contributed by atoms with E-state index < -0.39 is 0 Å². The largest absolute Gasteiger partial charge is 0.326 e. The third-order valence-corrected chi connectivity index (χ3v) is 3.54. The number of nitrogens with zero attached hydrogens (tertiary/aromatic N) is 4. The number of aryl methyl sites for hydroxylation is 1. The molecule has 2 amide bonds. The molecule has 1 aliphatic rings. The van der Waals surface area contributed by atoms with Crippen molar-refractivity contribution < 1.29 is 4.79 Å². The topological polar surface area (TPSA) is 61.4 Å². The van der Waals surface area contributed by atoms with Gasteiger partial charge in [0.15, 0.2) is 0 Å². The lowest BCUT2D eigenvalue weighted by Gasteiger charge is -2.25. The van der Waals surface area contributed by atoms with Crippen LogP contribution in [0.4, 0.5) is 10.5 Å². The Bertz CT molecular complexity index is 433. The zero-order valence-corrected chi connectivity index (χ0v) is 11.8. The summed E-state index contributed by atoms with van der Waals surface area (Å²) in [5, 5.41) is 2.80. The van der Waals surface area contributed by atoms with Gasteiger partial charge in [0.2, 0.25) is 0 Å². The van der Waals surface area contributed by atoms with Crippen LogP contribution in [-0.2, 0) is 0 Å². The van der Waals surface area contributed by atoms with Crippen LogP contribution in [-0.4, -0.2) is 59.0 Å². The van der Waals surface area contributed by atoms with E-state index in [-0.39, 0.29) is 6.03 Å². The number of carbonyl (C=O) groups excluding carboxylic acids is 1. The number of hydrogen-bond acceptors (Lipinski definition) is 4. The van der Waals surface area contributed by atoms with Gasteiger partial charge in [-0.15, -0.1) is 0 Å². The Labute approximate surface area is 113 Å². The predicted octanol–water partition coefficient (Wildman–Crippen LogP) is 1.34. The van der Waals surface area contributed by atoms with Gasteiger partial charge in [0.05, 0.1) is 18.1 Å². The number of likely N-dealkylation sites (tertiary alicyclic amines) is 1. The molecule has 0 aliphatic carbocycles. The lowest BCUT2D eigenvalue weighted by atomic mass is 10.2. The molecule has 104 valence electrons. The first kappa shape index (κ1) is 13.7. The molecule has 1 unspecified atom stereocenters. The highest BCUT2D eigenvalue weighted by molar-refractivity contribution is 5.88. The fourth-order valence-electron chi connectivity index (χ4n) is 2.29. The molecular formula is C13H21N5O. The molecule has 19 heavy (non-hydrogen) atoms. The number of carbonyl (C=O) groups is 1. The lowest BCUT2D eigenvalue weighted by Crippen LogP contribution is -2.41. The van der Waals surface area contributed by atoms with E-state index in [1.54, 1.807) is 17.3 Å². The maximum Gasteiger partial charge on any atom is 0.321 e. The quantitative estimate of drug-likeness (QED) is 0.894. The van der Waals surface area contributed by atoms with E-state index in [2.05, 4.69) is 27.2 Å². The molecule has 6 nitrogen and oxygen atoms in total. The van der Waals surface area contributed by atoms with E-state index in [1.165, 1.54) is 6.42 Å². The first-order chi connectivity index (χ1) is 9.06. The molecule has 0 radical (unpaired) electrons. The minimum Gasteiger partial charge on any atom is -0.326 e. The van der Waals surface area contributed by atoms with Crippen LogP contribution in [0.1, 0.15) is 18.7 Å². The second-order valence-corrected chi connectivity index (χ2v) is 5.11. The van der Waals surface area contributed by atoms with Gasteiger partial charge in [-0.2, -0.15) is 0 Å². The van der Waals surface area contributed by atoms with Crippen LogP contribution in [0.5, 0.6) is 0 Å². The van der Waals surface area contributed by atoms with Gasteiger partial charge < -0.3 is 15.1 Å².